The van der Waals surface area contributed by atoms with Crippen molar-refractivity contribution in [3.63, 3.8) is 0 Å². The van der Waals surface area contributed by atoms with Crippen LogP contribution in [0.5, 0.6) is 0 Å². The summed E-state index contributed by atoms with van der Waals surface area (Å²) in [5.74, 6) is 1.25. The van der Waals surface area contributed by atoms with E-state index in [1.807, 2.05) is 13.2 Å². The molecule has 152 valence electrons. The Morgan fingerprint density at radius 3 is 2.83 bits per heavy atom. The van der Waals surface area contributed by atoms with Gasteiger partial charge in [0.05, 0.1) is 0 Å². The zero-order valence-corrected chi connectivity index (χ0v) is 17.4. The van der Waals surface area contributed by atoms with Crippen LogP contribution in [0.25, 0.3) is 10.9 Å². The fourth-order valence-corrected chi connectivity index (χ4v) is 5.69. The fourth-order valence-electron chi connectivity index (χ4n) is 5.69. The molecule has 0 spiro atoms. The lowest BCUT2D eigenvalue weighted by Crippen LogP contribution is -2.59. The van der Waals surface area contributed by atoms with Crippen LogP contribution in [0.2, 0.25) is 0 Å². The molecule has 1 N–H and O–H groups in total. The largest absolute Gasteiger partial charge is 0.372 e. The van der Waals surface area contributed by atoms with Crippen LogP contribution in [0, 0.1) is 5.92 Å². The van der Waals surface area contributed by atoms with Crippen molar-refractivity contribution in [3.05, 3.63) is 54.0 Å². The number of ether oxygens (including phenoxy) is 1. The molecule has 0 unspecified atom stereocenters. The highest BCUT2D eigenvalue weighted by atomic mass is 16.5. The molecule has 1 aliphatic heterocycles. The molecule has 1 saturated heterocycles. The molecule has 0 bridgehead atoms. The van der Waals surface area contributed by atoms with Crippen LogP contribution in [0.15, 0.2) is 42.9 Å². The summed E-state index contributed by atoms with van der Waals surface area (Å²) in [6.07, 6.45) is 9.00. The Hall–Kier alpha value is -2.44. The number of likely N-dealkylation sites (tertiary alicyclic amines) is 1. The molecule has 0 saturated carbocycles. The highest BCUT2D eigenvalue weighted by Crippen LogP contribution is 2.50. The maximum atomic E-state index is 6.41. The lowest BCUT2D eigenvalue weighted by Gasteiger charge is -2.53. The van der Waals surface area contributed by atoms with Crippen molar-refractivity contribution in [1.82, 2.24) is 19.4 Å². The lowest BCUT2D eigenvalue weighted by molar-refractivity contribution is -0.125. The average molecular weight is 392 g/mol. The molecule has 3 atom stereocenters. The number of hydrogen-bond donors (Lipinski definition) is 1. The molecule has 3 aromatic rings. The Labute approximate surface area is 171 Å². The Kier molecular flexibility index (Phi) is 4.56. The molecule has 6 nitrogen and oxygen atoms in total. The van der Waals surface area contributed by atoms with Gasteiger partial charge in [0, 0.05) is 62.8 Å². The van der Waals surface area contributed by atoms with E-state index in [0.717, 1.165) is 32.4 Å². The van der Waals surface area contributed by atoms with Crippen molar-refractivity contribution >= 4 is 16.9 Å². The zero-order chi connectivity index (χ0) is 20.0. The molecule has 3 heterocycles. The minimum Gasteiger partial charge on any atom is -0.372 e. The van der Waals surface area contributed by atoms with Gasteiger partial charge >= 0.3 is 0 Å². The van der Waals surface area contributed by atoms with Crippen LogP contribution in [-0.4, -0.2) is 52.7 Å². The molecule has 1 fully saturated rings. The van der Waals surface area contributed by atoms with E-state index in [1.165, 1.54) is 22.0 Å². The zero-order valence-electron chi connectivity index (χ0n) is 17.4. The predicted molar refractivity (Wildman–Crippen MR) is 115 cm³/mol. The molecule has 2 aromatic heterocycles. The van der Waals surface area contributed by atoms with Gasteiger partial charge in [-0.15, -0.1) is 0 Å². The first-order chi connectivity index (χ1) is 14.1. The Morgan fingerprint density at radius 2 is 2.03 bits per heavy atom. The Bertz CT molecular complexity index is 1020. The van der Waals surface area contributed by atoms with E-state index >= 15 is 0 Å². The van der Waals surface area contributed by atoms with Gasteiger partial charge in [-0.2, -0.15) is 0 Å². The summed E-state index contributed by atoms with van der Waals surface area (Å²) in [5, 5.41) is 4.76. The number of anilines is 1. The summed E-state index contributed by atoms with van der Waals surface area (Å²) < 4.78 is 8.67. The third kappa shape index (κ3) is 2.93. The van der Waals surface area contributed by atoms with Crippen molar-refractivity contribution in [2.24, 2.45) is 13.0 Å². The average Bonchev–Trinajstić information content (AvgIpc) is 3.06. The molecular formula is C23H29N5O. The maximum absolute atomic E-state index is 6.41. The highest BCUT2D eigenvalue weighted by Gasteiger charge is 2.51. The number of fused-ring (bicyclic) bond motifs is 2. The van der Waals surface area contributed by atoms with Gasteiger partial charge in [0.25, 0.3) is 0 Å². The molecule has 2 aliphatic rings. The number of rotatable bonds is 5. The molecule has 0 radical (unpaired) electrons. The molecule has 6 heteroatoms. The van der Waals surface area contributed by atoms with E-state index < -0.39 is 0 Å². The second-order valence-electron chi connectivity index (χ2n) is 8.58. The number of methoxy groups -OCH3 is 1. The summed E-state index contributed by atoms with van der Waals surface area (Å²) in [7, 11) is 6.30. The molecule has 1 aromatic carbocycles. The lowest BCUT2D eigenvalue weighted by atomic mass is 9.68. The number of aromatic nitrogens is 3. The van der Waals surface area contributed by atoms with Gasteiger partial charge in [-0.25, -0.2) is 9.97 Å². The van der Waals surface area contributed by atoms with Crippen LogP contribution in [0.1, 0.15) is 24.0 Å². The van der Waals surface area contributed by atoms with E-state index in [9.17, 15) is 0 Å². The smallest absolute Gasteiger partial charge is 0.222 e. The molecular weight excluding hydrogens is 362 g/mol. The Morgan fingerprint density at radius 1 is 1.21 bits per heavy atom. The van der Waals surface area contributed by atoms with Crippen LogP contribution in [0.4, 0.5) is 5.95 Å². The van der Waals surface area contributed by atoms with Gasteiger partial charge in [0.15, 0.2) is 0 Å². The van der Waals surface area contributed by atoms with Crippen molar-refractivity contribution in [2.45, 2.75) is 30.9 Å². The summed E-state index contributed by atoms with van der Waals surface area (Å²) >= 11 is 0. The van der Waals surface area contributed by atoms with Gasteiger partial charge in [0.1, 0.15) is 5.60 Å². The number of nitrogens with one attached hydrogen (secondary N) is 1. The summed E-state index contributed by atoms with van der Waals surface area (Å²) in [6.45, 7) is 1.96. The molecule has 5 rings (SSSR count). The monoisotopic (exact) mass is 391 g/mol. The number of benzene rings is 1. The van der Waals surface area contributed by atoms with Gasteiger partial charge in [0.2, 0.25) is 5.95 Å². The first-order valence-electron chi connectivity index (χ1n) is 10.5. The second-order valence-corrected chi connectivity index (χ2v) is 8.58. The number of hydrogen-bond acceptors (Lipinski definition) is 5. The van der Waals surface area contributed by atoms with Crippen LogP contribution in [-0.2, 0) is 23.8 Å². The number of likely N-dealkylation sites (N-methyl/N-ethyl adjacent to an activating group) is 1. The van der Waals surface area contributed by atoms with Gasteiger partial charge < -0.3 is 14.6 Å². The molecule has 29 heavy (non-hydrogen) atoms. The standard InChI is InChI=1S/C23H29N5O/c1-27-15-17-12-20-23(29-3,18-6-4-7-19(27)21(17)18)13-16(14-28(20)2)8-11-26-22-24-9-5-10-25-22/h4-7,9-10,15-16,20H,8,11-14H2,1-3H3,(H,24,25,26)/t16-,20-,23+/m1/s1. The third-order valence-electron chi connectivity index (χ3n) is 6.94. The topological polar surface area (TPSA) is 55.2 Å². The van der Waals surface area contributed by atoms with Crippen LogP contribution in [0.3, 0.4) is 0 Å². The van der Waals surface area contributed by atoms with Crippen molar-refractivity contribution in [1.29, 1.82) is 0 Å². The fraction of sp³-hybridized carbons (Fsp3) is 0.478. The Balaban J connectivity index is 1.43. The number of aryl methyl sites for hydroxylation is 1. The van der Waals surface area contributed by atoms with Crippen molar-refractivity contribution in [2.75, 3.05) is 32.6 Å². The van der Waals surface area contributed by atoms with E-state index in [-0.39, 0.29) is 5.60 Å². The number of piperidine rings is 1. The quantitative estimate of drug-likeness (QED) is 0.724. The number of nitrogens with zero attached hydrogens (tertiary/aromatic N) is 4. The van der Waals surface area contributed by atoms with Gasteiger partial charge in [-0.05, 0) is 55.5 Å². The van der Waals surface area contributed by atoms with Crippen LogP contribution >= 0.6 is 0 Å². The first-order valence-corrected chi connectivity index (χ1v) is 10.5. The van der Waals surface area contributed by atoms with E-state index in [4.69, 9.17) is 4.74 Å². The normalized spacial score (nSPS) is 26.4. The minimum absolute atomic E-state index is 0.255. The SMILES string of the molecule is CO[C@]12C[C@@H](CCNc3ncccn3)CN(C)[C@@H]1Cc1cn(C)c3cccc2c13. The van der Waals surface area contributed by atoms with Gasteiger partial charge in [-0.3, -0.25) is 4.90 Å². The van der Waals surface area contributed by atoms with Crippen molar-refractivity contribution < 1.29 is 4.74 Å². The summed E-state index contributed by atoms with van der Waals surface area (Å²) in [4.78, 5) is 11.0. The third-order valence-corrected chi connectivity index (χ3v) is 6.94. The molecule has 0 amide bonds. The minimum atomic E-state index is -0.255. The van der Waals surface area contributed by atoms with E-state index in [0.29, 0.717) is 17.9 Å². The highest BCUT2D eigenvalue weighted by molar-refractivity contribution is 5.89. The first kappa shape index (κ1) is 18.6. The van der Waals surface area contributed by atoms with E-state index in [2.05, 4.69) is 63.2 Å². The van der Waals surface area contributed by atoms with E-state index in [1.54, 1.807) is 12.4 Å². The van der Waals surface area contributed by atoms with Crippen LogP contribution < -0.4 is 5.32 Å². The maximum Gasteiger partial charge on any atom is 0.222 e. The second kappa shape index (κ2) is 7.11. The predicted octanol–water partition coefficient (Wildman–Crippen LogP) is 3.19. The summed E-state index contributed by atoms with van der Waals surface area (Å²) in [5.41, 5.74) is 3.86. The van der Waals surface area contributed by atoms with Crippen molar-refractivity contribution in [3.8, 4) is 0 Å². The molecule has 1 aliphatic carbocycles. The summed E-state index contributed by atoms with van der Waals surface area (Å²) in [6, 6.07) is 8.90. The van der Waals surface area contributed by atoms with Gasteiger partial charge in [-0.1, -0.05) is 12.1 Å².